The number of nitrogens with zero attached hydrogens (tertiary/aromatic N) is 2. The van der Waals surface area contributed by atoms with Crippen LogP contribution in [-0.4, -0.2) is 16.5 Å². The predicted molar refractivity (Wildman–Crippen MR) is 83.1 cm³/mol. The number of rotatable bonds is 6. The standard InChI is InChI=1S/C14H16BrN3S/c1-2-16-9-12-6-7-17-14(18-12)10-19-13-5-3-4-11(15)8-13/h3-8,16H,2,9-10H2,1H3. The Morgan fingerprint density at radius 1 is 1.32 bits per heavy atom. The van der Waals surface area contributed by atoms with Crippen molar-refractivity contribution >= 4 is 27.7 Å². The van der Waals surface area contributed by atoms with Crippen molar-refractivity contribution in [2.75, 3.05) is 6.54 Å². The minimum Gasteiger partial charge on any atom is -0.311 e. The first-order chi connectivity index (χ1) is 9.28. The second-order valence-corrected chi connectivity index (χ2v) is 5.96. The topological polar surface area (TPSA) is 37.8 Å². The predicted octanol–water partition coefficient (Wildman–Crippen LogP) is 3.64. The fraction of sp³-hybridized carbons (Fsp3) is 0.286. The van der Waals surface area contributed by atoms with Gasteiger partial charge in [-0.15, -0.1) is 11.8 Å². The zero-order valence-electron chi connectivity index (χ0n) is 10.8. The molecule has 0 amide bonds. The van der Waals surface area contributed by atoms with E-state index in [0.29, 0.717) is 0 Å². The second kappa shape index (κ2) is 7.62. The van der Waals surface area contributed by atoms with Gasteiger partial charge >= 0.3 is 0 Å². The van der Waals surface area contributed by atoms with E-state index in [1.807, 2.05) is 24.4 Å². The van der Waals surface area contributed by atoms with Gasteiger partial charge in [-0.2, -0.15) is 0 Å². The van der Waals surface area contributed by atoms with E-state index in [4.69, 9.17) is 0 Å². The van der Waals surface area contributed by atoms with E-state index in [9.17, 15) is 0 Å². The smallest absolute Gasteiger partial charge is 0.138 e. The van der Waals surface area contributed by atoms with Crippen LogP contribution in [0.4, 0.5) is 0 Å². The highest BCUT2D eigenvalue weighted by Crippen LogP contribution is 2.24. The van der Waals surface area contributed by atoms with E-state index in [-0.39, 0.29) is 0 Å². The van der Waals surface area contributed by atoms with E-state index in [2.05, 4.69) is 50.3 Å². The molecule has 0 aliphatic rings. The van der Waals surface area contributed by atoms with Gasteiger partial charge < -0.3 is 5.32 Å². The van der Waals surface area contributed by atoms with Gasteiger partial charge in [0.15, 0.2) is 0 Å². The summed E-state index contributed by atoms with van der Waals surface area (Å²) in [4.78, 5) is 10.1. The maximum atomic E-state index is 4.54. The molecule has 3 nitrogen and oxygen atoms in total. The van der Waals surface area contributed by atoms with Gasteiger partial charge in [-0.3, -0.25) is 0 Å². The molecule has 1 heterocycles. The summed E-state index contributed by atoms with van der Waals surface area (Å²) >= 11 is 5.22. The molecule has 1 N–H and O–H groups in total. The van der Waals surface area contributed by atoms with Crippen molar-refractivity contribution in [1.82, 2.24) is 15.3 Å². The molecule has 0 bridgehead atoms. The van der Waals surface area contributed by atoms with Crippen LogP contribution in [0.2, 0.25) is 0 Å². The van der Waals surface area contributed by atoms with Crippen LogP contribution in [0, 0.1) is 0 Å². The minimum absolute atomic E-state index is 0.788. The average molecular weight is 338 g/mol. The van der Waals surface area contributed by atoms with Crippen molar-refractivity contribution < 1.29 is 0 Å². The van der Waals surface area contributed by atoms with Gasteiger partial charge in [0.2, 0.25) is 0 Å². The van der Waals surface area contributed by atoms with Crippen LogP contribution in [0.1, 0.15) is 18.4 Å². The van der Waals surface area contributed by atoms with E-state index in [0.717, 1.165) is 34.8 Å². The van der Waals surface area contributed by atoms with Crippen molar-refractivity contribution in [2.24, 2.45) is 0 Å². The molecule has 0 fully saturated rings. The molecule has 5 heteroatoms. The third kappa shape index (κ3) is 4.93. The number of thioether (sulfide) groups is 1. The summed E-state index contributed by atoms with van der Waals surface area (Å²) < 4.78 is 1.10. The molecule has 100 valence electrons. The molecule has 0 radical (unpaired) electrons. The van der Waals surface area contributed by atoms with Crippen LogP contribution >= 0.6 is 27.7 Å². The number of hydrogen-bond acceptors (Lipinski definition) is 4. The van der Waals surface area contributed by atoms with E-state index in [1.165, 1.54) is 4.90 Å². The lowest BCUT2D eigenvalue weighted by molar-refractivity contribution is 0.704. The Kier molecular flexibility index (Phi) is 5.82. The lowest BCUT2D eigenvalue weighted by Gasteiger charge is -2.04. The van der Waals surface area contributed by atoms with Gasteiger partial charge in [-0.05, 0) is 30.8 Å². The third-order valence-corrected chi connectivity index (χ3v) is 3.97. The molecule has 0 aliphatic carbocycles. The molecule has 19 heavy (non-hydrogen) atoms. The molecule has 0 unspecified atom stereocenters. The van der Waals surface area contributed by atoms with Crippen molar-refractivity contribution in [3.05, 3.63) is 52.5 Å². The van der Waals surface area contributed by atoms with Crippen LogP contribution in [0.5, 0.6) is 0 Å². The SMILES string of the molecule is CCNCc1ccnc(CSc2cccc(Br)c2)n1. The minimum atomic E-state index is 0.788. The zero-order valence-corrected chi connectivity index (χ0v) is 13.2. The summed E-state index contributed by atoms with van der Waals surface area (Å²) in [5, 5.41) is 3.27. The number of aromatic nitrogens is 2. The highest BCUT2D eigenvalue weighted by atomic mass is 79.9. The number of halogens is 1. The number of benzene rings is 1. The first-order valence-electron chi connectivity index (χ1n) is 6.18. The highest BCUT2D eigenvalue weighted by molar-refractivity contribution is 9.10. The third-order valence-electron chi connectivity index (χ3n) is 2.48. The molecule has 1 aromatic heterocycles. The molecular formula is C14H16BrN3S. The molecule has 0 aliphatic heterocycles. The largest absolute Gasteiger partial charge is 0.311 e. The normalized spacial score (nSPS) is 10.6. The molecule has 0 saturated carbocycles. The van der Waals surface area contributed by atoms with Crippen molar-refractivity contribution in [2.45, 2.75) is 24.1 Å². The highest BCUT2D eigenvalue weighted by Gasteiger charge is 2.01. The summed E-state index contributed by atoms with van der Waals surface area (Å²) in [6.07, 6.45) is 1.83. The molecule has 2 aromatic rings. The quantitative estimate of drug-likeness (QED) is 0.816. The Morgan fingerprint density at radius 2 is 2.21 bits per heavy atom. The molecule has 2 rings (SSSR count). The van der Waals surface area contributed by atoms with E-state index >= 15 is 0 Å². The molecule has 0 saturated heterocycles. The Hall–Kier alpha value is -0.910. The van der Waals surface area contributed by atoms with Crippen molar-refractivity contribution in [1.29, 1.82) is 0 Å². The maximum absolute atomic E-state index is 4.54. The van der Waals surface area contributed by atoms with Crippen molar-refractivity contribution in [3.63, 3.8) is 0 Å². The van der Waals surface area contributed by atoms with Crippen LogP contribution in [-0.2, 0) is 12.3 Å². The fourth-order valence-electron chi connectivity index (χ4n) is 1.57. The Bertz CT molecular complexity index is 534. The van der Waals surface area contributed by atoms with Crippen molar-refractivity contribution in [3.8, 4) is 0 Å². The van der Waals surface area contributed by atoms with Gasteiger partial charge in [0.1, 0.15) is 5.82 Å². The molecule has 0 spiro atoms. The first-order valence-corrected chi connectivity index (χ1v) is 7.95. The number of hydrogen-bond donors (Lipinski definition) is 1. The lowest BCUT2D eigenvalue weighted by atomic mass is 10.4. The molecule has 1 aromatic carbocycles. The van der Waals surface area contributed by atoms with Gasteiger partial charge in [-0.1, -0.05) is 28.9 Å². The van der Waals surface area contributed by atoms with Gasteiger partial charge in [-0.25, -0.2) is 9.97 Å². The monoisotopic (exact) mass is 337 g/mol. The van der Waals surface area contributed by atoms with Crippen LogP contribution < -0.4 is 5.32 Å². The summed E-state index contributed by atoms with van der Waals surface area (Å²) in [6, 6.07) is 10.2. The van der Waals surface area contributed by atoms with Gasteiger partial charge in [0.25, 0.3) is 0 Å². The Balaban J connectivity index is 1.95. The van der Waals surface area contributed by atoms with Gasteiger partial charge in [0.05, 0.1) is 11.4 Å². The van der Waals surface area contributed by atoms with Gasteiger partial charge in [0, 0.05) is 22.1 Å². The molecular weight excluding hydrogens is 322 g/mol. The molecule has 0 atom stereocenters. The maximum Gasteiger partial charge on any atom is 0.138 e. The summed E-state index contributed by atoms with van der Waals surface area (Å²) in [7, 11) is 0. The second-order valence-electron chi connectivity index (χ2n) is 3.99. The lowest BCUT2D eigenvalue weighted by Crippen LogP contribution is -2.13. The zero-order chi connectivity index (χ0) is 13.5. The van der Waals surface area contributed by atoms with E-state index in [1.54, 1.807) is 11.8 Å². The number of nitrogens with one attached hydrogen (secondary N) is 1. The summed E-state index contributed by atoms with van der Waals surface area (Å²) in [5.74, 6) is 1.66. The summed E-state index contributed by atoms with van der Waals surface area (Å²) in [5.41, 5.74) is 1.04. The first kappa shape index (κ1) is 14.5. The van der Waals surface area contributed by atoms with E-state index < -0.39 is 0 Å². The average Bonchev–Trinajstić information content (AvgIpc) is 2.43. The van der Waals surface area contributed by atoms with Crippen LogP contribution in [0.15, 0.2) is 45.9 Å². The fourth-order valence-corrected chi connectivity index (χ4v) is 2.94. The Labute approximate surface area is 126 Å². The summed E-state index contributed by atoms with van der Waals surface area (Å²) in [6.45, 7) is 3.84. The van der Waals surface area contributed by atoms with Crippen LogP contribution in [0.3, 0.4) is 0 Å². The van der Waals surface area contributed by atoms with Crippen LogP contribution in [0.25, 0.3) is 0 Å². The Morgan fingerprint density at radius 3 is 3.00 bits per heavy atom.